The summed E-state index contributed by atoms with van der Waals surface area (Å²) in [7, 11) is -4.82. The SMILES string of the molecule is CC(C)(F)S(=O)(=O)OCC(F)(F)F. The van der Waals surface area contributed by atoms with Gasteiger partial charge >= 0.3 is 16.3 Å². The summed E-state index contributed by atoms with van der Waals surface area (Å²) in [4.78, 5) is 0. The molecule has 0 N–H and O–H groups in total. The summed E-state index contributed by atoms with van der Waals surface area (Å²) in [5.74, 6) is 0. The largest absolute Gasteiger partial charge is 0.413 e. The number of hydrogen-bond acceptors (Lipinski definition) is 3. The third-order valence-electron chi connectivity index (χ3n) is 0.972. The van der Waals surface area contributed by atoms with Crippen molar-refractivity contribution < 1.29 is 30.2 Å². The molecule has 0 aromatic carbocycles. The summed E-state index contributed by atoms with van der Waals surface area (Å²) in [6, 6.07) is 0. The van der Waals surface area contributed by atoms with Crippen molar-refractivity contribution in [3.05, 3.63) is 0 Å². The van der Waals surface area contributed by atoms with Crippen LogP contribution in [0.3, 0.4) is 0 Å². The van der Waals surface area contributed by atoms with Gasteiger partial charge in [0.05, 0.1) is 0 Å². The van der Waals surface area contributed by atoms with Crippen molar-refractivity contribution >= 4 is 10.1 Å². The lowest BCUT2D eigenvalue weighted by Gasteiger charge is -2.15. The molecule has 3 nitrogen and oxygen atoms in total. The lowest BCUT2D eigenvalue weighted by Crippen LogP contribution is -2.31. The van der Waals surface area contributed by atoms with Gasteiger partial charge in [0.25, 0.3) is 0 Å². The molecule has 80 valence electrons. The van der Waals surface area contributed by atoms with E-state index in [9.17, 15) is 26.0 Å². The van der Waals surface area contributed by atoms with Gasteiger partial charge in [0.2, 0.25) is 5.00 Å². The molecule has 0 aliphatic carbocycles. The molecular weight excluding hydrogens is 216 g/mol. The first-order valence-electron chi connectivity index (χ1n) is 3.10. The van der Waals surface area contributed by atoms with Crippen LogP contribution in [0, 0.1) is 0 Å². The number of alkyl halides is 4. The van der Waals surface area contributed by atoms with Gasteiger partial charge in [-0.05, 0) is 13.8 Å². The first kappa shape index (κ1) is 12.6. The van der Waals surface area contributed by atoms with E-state index in [2.05, 4.69) is 4.18 Å². The molecule has 0 radical (unpaired) electrons. The molecule has 0 fully saturated rings. The molecule has 0 aromatic heterocycles. The van der Waals surface area contributed by atoms with Gasteiger partial charge < -0.3 is 0 Å². The Morgan fingerprint density at radius 2 is 1.54 bits per heavy atom. The van der Waals surface area contributed by atoms with Crippen LogP contribution in [0.25, 0.3) is 0 Å². The number of halogens is 4. The van der Waals surface area contributed by atoms with Crippen molar-refractivity contribution in [2.45, 2.75) is 25.0 Å². The van der Waals surface area contributed by atoms with E-state index < -0.39 is 27.9 Å². The summed E-state index contributed by atoms with van der Waals surface area (Å²) in [6.45, 7) is -0.819. The maximum Gasteiger partial charge on any atom is 0.413 e. The number of hydrogen-bond donors (Lipinski definition) is 0. The highest BCUT2D eigenvalue weighted by molar-refractivity contribution is 7.87. The fourth-order valence-electron chi connectivity index (χ4n) is 0.285. The maximum atomic E-state index is 12.7. The van der Waals surface area contributed by atoms with E-state index in [0.29, 0.717) is 13.8 Å². The van der Waals surface area contributed by atoms with Crippen LogP contribution in [0.4, 0.5) is 17.6 Å². The zero-order valence-electron chi connectivity index (χ0n) is 6.85. The van der Waals surface area contributed by atoms with Crippen molar-refractivity contribution in [3.8, 4) is 0 Å². The van der Waals surface area contributed by atoms with Crippen LogP contribution >= 0.6 is 0 Å². The smallest absolute Gasteiger partial charge is 0.258 e. The van der Waals surface area contributed by atoms with Crippen LogP contribution in [0.5, 0.6) is 0 Å². The molecule has 13 heavy (non-hydrogen) atoms. The van der Waals surface area contributed by atoms with Crippen molar-refractivity contribution in [3.63, 3.8) is 0 Å². The first-order chi connectivity index (χ1) is 5.46. The molecule has 0 saturated carbocycles. The molecule has 0 aliphatic rings. The minimum atomic E-state index is -4.82. The molecule has 0 heterocycles. The van der Waals surface area contributed by atoms with Gasteiger partial charge in [-0.3, -0.25) is 4.18 Å². The van der Waals surface area contributed by atoms with E-state index in [1.807, 2.05) is 0 Å². The minimum absolute atomic E-state index is 0.596. The fraction of sp³-hybridized carbons (Fsp3) is 1.00. The second-order valence-electron chi connectivity index (χ2n) is 2.69. The Kier molecular flexibility index (Phi) is 3.31. The van der Waals surface area contributed by atoms with Gasteiger partial charge in [-0.1, -0.05) is 0 Å². The molecular formula is C5H8F4O3S. The topological polar surface area (TPSA) is 43.4 Å². The molecule has 0 bridgehead atoms. The summed E-state index contributed by atoms with van der Waals surface area (Å²) in [6.07, 6.45) is -4.79. The zero-order chi connectivity index (χ0) is 10.9. The molecule has 8 heteroatoms. The fourth-order valence-corrected chi connectivity index (χ4v) is 0.854. The lowest BCUT2D eigenvalue weighted by atomic mass is 10.5. The van der Waals surface area contributed by atoms with E-state index in [-0.39, 0.29) is 0 Å². The van der Waals surface area contributed by atoms with Gasteiger partial charge in [-0.25, -0.2) is 4.39 Å². The Bertz CT molecular complexity index is 260. The minimum Gasteiger partial charge on any atom is -0.258 e. The van der Waals surface area contributed by atoms with E-state index >= 15 is 0 Å². The van der Waals surface area contributed by atoms with E-state index in [1.165, 1.54) is 0 Å². The summed E-state index contributed by atoms with van der Waals surface area (Å²) in [5, 5.41) is -2.84. The Balaban J connectivity index is 4.40. The average molecular weight is 224 g/mol. The van der Waals surface area contributed by atoms with Crippen molar-refractivity contribution in [1.29, 1.82) is 0 Å². The predicted molar refractivity (Wildman–Crippen MR) is 36.1 cm³/mol. The second kappa shape index (κ2) is 3.41. The van der Waals surface area contributed by atoms with Crippen LogP contribution in [0.2, 0.25) is 0 Å². The molecule has 0 aromatic rings. The van der Waals surface area contributed by atoms with Gasteiger partial charge in [0.15, 0.2) is 6.61 Å². The molecule has 0 spiro atoms. The summed E-state index contributed by atoms with van der Waals surface area (Å²) < 4.78 is 71.7. The van der Waals surface area contributed by atoms with Crippen LogP contribution in [0.15, 0.2) is 0 Å². The van der Waals surface area contributed by atoms with Crippen molar-refractivity contribution in [1.82, 2.24) is 0 Å². The Morgan fingerprint density at radius 3 is 1.77 bits per heavy atom. The second-order valence-corrected chi connectivity index (χ2v) is 4.81. The maximum absolute atomic E-state index is 12.7. The van der Waals surface area contributed by atoms with Crippen molar-refractivity contribution in [2.24, 2.45) is 0 Å². The molecule has 0 unspecified atom stereocenters. The molecule has 0 amide bonds. The van der Waals surface area contributed by atoms with E-state index in [1.54, 1.807) is 0 Å². The Hall–Kier alpha value is -0.370. The first-order valence-corrected chi connectivity index (χ1v) is 4.51. The highest BCUT2D eigenvalue weighted by atomic mass is 32.2. The lowest BCUT2D eigenvalue weighted by molar-refractivity contribution is -0.153. The predicted octanol–water partition coefficient (Wildman–Crippen LogP) is 1.60. The Morgan fingerprint density at radius 1 is 1.15 bits per heavy atom. The van der Waals surface area contributed by atoms with Crippen LogP contribution in [0.1, 0.15) is 13.8 Å². The standard InChI is InChI=1S/C5H8F4O3S/c1-4(2,6)13(10,11)12-3-5(7,8)9/h3H2,1-2H3. The summed E-state index contributed by atoms with van der Waals surface area (Å²) in [5.41, 5.74) is 0. The molecule has 0 rings (SSSR count). The Labute approximate surface area is 72.8 Å². The zero-order valence-corrected chi connectivity index (χ0v) is 7.67. The average Bonchev–Trinajstić information content (AvgIpc) is 1.79. The van der Waals surface area contributed by atoms with Crippen LogP contribution < -0.4 is 0 Å². The van der Waals surface area contributed by atoms with Gasteiger partial charge in [0, 0.05) is 0 Å². The highest BCUT2D eigenvalue weighted by Crippen LogP contribution is 2.23. The molecule has 0 saturated heterocycles. The third kappa shape index (κ3) is 4.41. The monoisotopic (exact) mass is 224 g/mol. The molecule has 0 atom stereocenters. The van der Waals surface area contributed by atoms with Crippen LogP contribution in [-0.4, -0.2) is 26.2 Å². The third-order valence-corrected chi connectivity index (χ3v) is 2.59. The quantitative estimate of drug-likeness (QED) is 0.540. The summed E-state index contributed by atoms with van der Waals surface area (Å²) >= 11 is 0. The highest BCUT2D eigenvalue weighted by Gasteiger charge is 2.39. The van der Waals surface area contributed by atoms with Gasteiger partial charge in [-0.2, -0.15) is 21.6 Å². The van der Waals surface area contributed by atoms with Gasteiger partial charge in [-0.15, -0.1) is 0 Å². The van der Waals surface area contributed by atoms with Crippen LogP contribution in [-0.2, 0) is 14.3 Å². The van der Waals surface area contributed by atoms with E-state index in [0.717, 1.165) is 0 Å². The molecule has 0 aliphatic heterocycles. The van der Waals surface area contributed by atoms with Crippen molar-refractivity contribution in [2.75, 3.05) is 6.61 Å². The van der Waals surface area contributed by atoms with E-state index in [4.69, 9.17) is 0 Å². The van der Waals surface area contributed by atoms with Gasteiger partial charge in [0.1, 0.15) is 0 Å². The normalized spacial score (nSPS) is 14.6. The number of rotatable bonds is 3.